The monoisotopic (exact) mass is 452 g/mol. The van der Waals surface area contributed by atoms with Gasteiger partial charge in [-0.1, -0.05) is 107 Å². The van der Waals surface area contributed by atoms with Crippen LogP contribution in [0, 0.1) is 0 Å². The van der Waals surface area contributed by atoms with Crippen LogP contribution >= 0.6 is 0 Å². The van der Waals surface area contributed by atoms with E-state index in [2.05, 4.69) is 119 Å². The van der Waals surface area contributed by atoms with Gasteiger partial charge in [-0.2, -0.15) is 0 Å². The van der Waals surface area contributed by atoms with Gasteiger partial charge >= 0.3 is 0 Å². The van der Waals surface area contributed by atoms with Crippen LogP contribution in [0.2, 0.25) is 0 Å². The first-order valence-electron chi connectivity index (χ1n) is 12.5. The highest BCUT2D eigenvalue weighted by atomic mass is 16.5. The zero-order valence-electron chi connectivity index (χ0n) is 20.6. The van der Waals surface area contributed by atoms with Crippen molar-refractivity contribution < 1.29 is 4.74 Å². The summed E-state index contributed by atoms with van der Waals surface area (Å²) >= 11 is 0. The van der Waals surface area contributed by atoms with Crippen LogP contribution in [0.1, 0.15) is 49.9 Å². The molecule has 0 bridgehead atoms. The van der Waals surface area contributed by atoms with Gasteiger partial charge in [-0.15, -0.1) is 0 Å². The molecule has 1 aliphatic carbocycles. The highest BCUT2D eigenvalue weighted by molar-refractivity contribution is 6.02. The van der Waals surface area contributed by atoms with E-state index in [1.165, 1.54) is 55.3 Å². The first-order valence-corrected chi connectivity index (χ1v) is 12.5. The predicted octanol–water partition coefficient (Wildman–Crippen LogP) is 9.24. The van der Waals surface area contributed by atoms with Gasteiger partial charge in [-0.25, -0.2) is 0 Å². The molecule has 0 aromatic heterocycles. The first kappa shape index (κ1) is 20.5. The molecule has 0 atom stereocenters. The quantitative estimate of drug-likeness (QED) is 0.246. The maximum absolute atomic E-state index is 6.41. The molecule has 2 aliphatic rings. The van der Waals surface area contributed by atoms with Crippen molar-refractivity contribution in [1.82, 2.24) is 0 Å². The van der Waals surface area contributed by atoms with Crippen molar-refractivity contribution in [3.8, 4) is 33.8 Å². The van der Waals surface area contributed by atoms with Crippen LogP contribution in [0.3, 0.4) is 0 Å². The second-order valence-electron chi connectivity index (χ2n) is 11.0. The van der Waals surface area contributed by atoms with Crippen molar-refractivity contribution in [3.05, 3.63) is 119 Å². The summed E-state index contributed by atoms with van der Waals surface area (Å²) in [7, 11) is 0. The molecule has 0 fully saturated rings. The second kappa shape index (κ2) is 6.86. The van der Waals surface area contributed by atoms with Crippen molar-refractivity contribution in [1.29, 1.82) is 0 Å². The molecule has 0 radical (unpaired) electrons. The number of ether oxygens (including phenoxy) is 1. The average molecular weight is 453 g/mol. The summed E-state index contributed by atoms with van der Waals surface area (Å²) in [6.07, 6.45) is 0. The van der Waals surface area contributed by atoms with Crippen LogP contribution in [0.25, 0.3) is 33.0 Å². The molecule has 0 amide bonds. The van der Waals surface area contributed by atoms with Gasteiger partial charge in [0.25, 0.3) is 0 Å². The Balaban J connectivity index is 1.45. The molecule has 1 heterocycles. The number of hydrogen-bond acceptors (Lipinski definition) is 1. The Hall–Kier alpha value is -3.84. The molecule has 1 aliphatic heterocycles. The van der Waals surface area contributed by atoms with Gasteiger partial charge in [0.1, 0.15) is 11.5 Å². The molecule has 170 valence electrons. The third-order valence-corrected chi connectivity index (χ3v) is 8.31. The molecule has 0 unspecified atom stereocenters. The minimum atomic E-state index is -0.158. The second-order valence-corrected chi connectivity index (χ2v) is 11.0. The fourth-order valence-electron chi connectivity index (χ4n) is 6.50. The van der Waals surface area contributed by atoms with E-state index in [1.54, 1.807) is 0 Å². The van der Waals surface area contributed by atoms with Gasteiger partial charge in [0, 0.05) is 22.0 Å². The largest absolute Gasteiger partial charge is 0.457 e. The molecule has 0 spiro atoms. The Morgan fingerprint density at radius 3 is 2.20 bits per heavy atom. The molecule has 7 rings (SSSR count). The van der Waals surface area contributed by atoms with E-state index < -0.39 is 0 Å². The Kier molecular flexibility index (Phi) is 4.02. The molecular weight excluding hydrogens is 424 g/mol. The predicted molar refractivity (Wildman–Crippen MR) is 146 cm³/mol. The number of hydrogen-bond donors (Lipinski definition) is 0. The molecule has 1 heteroatoms. The van der Waals surface area contributed by atoms with Crippen molar-refractivity contribution in [2.45, 2.75) is 38.5 Å². The van der Waals surface area contributed by atoms with E-state index in [0.717, 1.165) is 11.5 Å². The smallest absolute Gasteiger partial charge is 0.132 e. The summed E-state index contributed by atoms with van der Waals surface area (Å²) in [5.74, 6) is 1.92. The van der Waals surface area contributed by atoms with Crippen molar-refractivity contribution in [3.63, 3.8) is 0 Å². The minimum Gasteiger partial charge on any atom is -0.457 e. The lowest BCUT2D eigenvalue weighted by Crippen LogP contribution is -2.25. The summed E-state index contributed by atoms with van der Waals surface area (Å²) in [5.41, 5.74) is 10.3. The summed E-state index contributed by atoms with van der Waals surface area (Å²) in [6.45, 7) is 9.35. The lowest BCUT2D eigenvalue weighted by atomic mass is 9.72. The van der Waals surface area contributed by atoms with E-state index in [9.17, 15) is 0 Å². The number of rotatable bonds is 1. The van der Waals surface area contributed by atoms with Crippen LogP contribution in [0.5, 0.6) is 11.5 Å². The van der Waals surface area contributed by atoms with Crippen molar-refractivity contribution >= 4 is 10.8 Å². The van der Waals surface area contributed by atoms with E-state index in [1.807, 2.05) is 6.07 Å². The fourth-order valence-corrected chi connectivity index (χ4v) is 6.50. The minimum absolute atomic E-state index is 0.0574. The summed E-state index contributed by atoms with van der Waals surface area (Å²) < 4.78 is 6.41. The SMILES string of the molecule is CC1(C)c2cc(-c3cccc4c3C(C)(C)c3ccccc3O4)ccc2-c2c1ccc1ccccc21. The fraction of sp³-hybridized carbons (Fsp3) is 0.176. The maximum atomic E-state index is 6.41. The van der Waals surface area contributed by atoms with Crippen LogP contribution in [-0.4, -0.2) is 0 Å². The lowest BCUT2D eigenvalue weighted by Gasteiger charge is -2.36. The zero-order valence-corrected chi connectivity index (χ0v) is 20.6. The normalized spacial score (nSPS) is 16.1. The number of fused-ring (bicyclic) bond motifs is 7. The highest BCUT2D eigenvalue weighted by Gasteiger charge is 2.39. The summed E-state index contributed by atoms with van der Waals surface area (Å²) in [6, 6.07) is 35.3. The number of para-hydroxylation sites is 1. The third kappa shape index (κ3) is 2.70. The van der Waals surface area contributed by atoms with Crippen LogP contribution < -0.4 is 4.74 Å². The van der Waals surface area contributed by atoms with E-state index >= 15 is 0 Å². The summed E-state index contributed by atoms with van der Waals surface area (Å²) in [4.78, 5) is 0. The Labute approximate surface area is 207 Å². The van der Waals surface area contributed by atoms with E-state index in [-0.39, 0.29) is 10.8 Å². The first-order chi connectivity index (χ1) is 16.9. The Morgan fingerprint density at radius 1 is 0.543 bits per heavy atom. The standard InChI is InChI=1S/C34H28O/c1-33(2)27-19-17-21-10-5-6-11-23(21)31(27)25-18-16-22(20-28(25)33)24-12-9-15-30-32(24)34(3,4)26-13-7-8-14-29(26)35-30/h5-20H,1-4H3. The van der Waals surface area contributed by atoms with Crippen LogP contribution in [0.4, 0.5) is 0 Å². The molecule has 0 N–H and O–H groups in total. The van der Waals surface area contributed by atoms with Gasteiger partial charge in [-0.3, -0.25) is 0 Å². The molecule has 1 nitrogen and oxygen atoms in total. The molecular formula is C34H28O. The molecule has 35 heavy (non-hydrogen) atoms. The molecule has 5 aromatic rings. The number of benzene rings is 5. The van der Waals surface area contributed by atoms with Gasteiger partial charge < -0.3 is 4.74 Å². The molecule has 0 saturated heterocycles. The molecule has 5 aromatic carbocycles. The van der Waals surface area contributed by atoms with E-state index in [0.29, 0.717) is 0 Å². The van der Waals surface area contributed by atoms with Gasteiger partial charge in [0.15, 0.2) is 0 Å². The van der Waals surface area contributed by atoms with Crippen molar-refractivity contribution in [2.75, 3.05) is 0 Å². The third-order valence-electron chi connectivity index (χ3n) is 8.31. The Bertz CT molecular complexity index is 1670. The van der Waals surface area contributed by atoms with Crippen LogP contribution in [-0.2, 0) is 10.8 Å². The topological polar surface area (TPSA) is 9.23 Å². The van der Waals surface area contributed by atoms with Gasteiger partial charge in [0.2, 0.25) is 0 Å². The Morgan fingerprint density at radius 2 is 1.31 bits per heavy atom. The maximum Gasteiger partial charge on any atom is 0.132 e. The highest BCUT2D eigenvalue weighted by Crippen LogP contribution is 2.54. The van der Waals surface area contributed by atoms with E-state index in [4.69, 9.17) is 4.74 Å². The lowest BCUT2D eigenvalue weighted by molar-refractivity contribution is 0.419. The van der Waals surface area contributed by atoms with Gasteiger partial charge in [-0.05, 0) is 62.4 Å². The molecule has 0 saturated carbocycles. The zero-order chi connectivity index (χ0) is 23.9. The van der Waals surface area contributed by atoms with Crippen molar-refractivity contribution in [2.24, 2.45) is 0 Å². The van der Waals surface area contributed by atoms with Gasteiger partial charge in [0.05, 0.1) is 0 Å². The van der Waals surface area contributed by atoms with Crippen LogP contribution in [0.15, 0.2) is 97.1 Å². The average Bonchev–Trinajstić information content (AvgIpc) is 3.10. The summed E-state index contributed by atoms with van der Waals surface area (Å²) in [5, 5.41) is 2.64.